The molecule has 0 aliphatic rings. The van der Waals surface area contributed by atoms with Gasteiger partial charge in [0.1, 0.15) is 5.75 Å². The van der Waals surface area contributed by atoms with E-state index >= 15 is 0 Å². The summed E-state index contributed by atoms with van der Waals surface area (Å²) in [6, 6.07) is 19.7. The molecule has 0 unspecified atom stereocenters. The fraction of sp³-hybridized carbons (Fsp3) is 0.136. The average molecular weight is 422 g/mol. The number of ether oxygens (including phenoxy) is 1. The average Bonchev–Trinajstić information content (AvgIpc) is 3.19. The Morgan fingerprint density at radius 3 is 2.72 bits per heavy atom. The van der Waals surface area contributed by atoms with Gasteiger partial charge in [0.05, 0.1) is 18.6 Å². The zero-order valence-corrected chi connectivity index (χ0v) is 17.6. The molecular weight excluding hydrogens is 402 g/mol. The zero-order chi connectivity index (χ0) is 20.2. The summed E-state index contributed by atoms with van der Waals surface area (Å²) < 4.78 is 6.13. The summed E-state index contributed by atoms with van der Waals surface area (Å²) >= 11 is 2.81. The van der Waals surface area contributed by atoms with Gasteiger partial charge in [0.15, 0.2) is 10.1 Å². The van der Waals surface area contributed by atoms with Crippen molar-refractivity contribution in [3.63, 3.8) is 0 Å². The second kappa shape index (κ2) is 8.63. The molecule has 4 rings (SSSR count). The van der Waals surface area contributed by atoms with E-state index in [0.717, 1.165) is 32.1 Å². The highest BCUT2D eigenvalue weighted by Crippen LogP contribution is 2.32. The van der Waals surface area contributed by atoms with E-state index in [0.29, 0.717) is 16.4 Å². The summed E-state index contributed by atoms with van der Waals surface area (Å²) in [5.41, 5.74) is 2.67. The first-order valence-corrected chi connectivity index (χ1v) is 10.8. The second-order valence-corrected chi connectivity index (χ2v) is 8.68. The number of carbonyl (C=O) groups is 1. The lowest BCUT2D eigenvalue weighted by Gasteiger charge is -2.09. The third-order valence-corrected chi connectivity index (χ3v) is 6.37. The number of Topliss-reactive ketones (excluding diaryl/α,β-unsaturated/α-hetero) is 1. The highest BCUT2D eigenvalue weighted by Gasteiger charge is 2.12. The number of carbonyl (C=O) groups excluding carboxylic acids is 1. The van der Waals surface area contributed by atoms with Crippen molar-refractivity contribution in [2.45, 2.75) is 11.3 Å². The quantitative estimate of drug-likeness (QED) is 0.304. The van der Waals surface area contributed by atoms with Gasteiger partial charge in [-0.05, 0) is 41.5 Å². The molecule has 4 aromatic rings. The summed E-state index contributed by atoms with van der Waals surface area (Å²) in [5.74, 6) is 1.14. The predicted octanol–water partition coefficient (Wildman–Crippen LogP) is 5.73. The lowest BCUT2D eigenvalue weighted by atomic mass is 10.1. The smallest absolute Gasteiger partial charge is 0.210 e. The number of nitrogens with zero attached hydrogens (tertiary/aromatic N) is 2. The monoisotopic (exact) mass is 421 g/mol. The molecule has 0 bridgehead atoms. The van der Waals surface area contributed by atoms with Crippen molar-refractivity contribution in [3.8, 4) is 5.75 Å². The molecule has 1 heterocycles. The Kier molecular flexibility index (Phi) is 5.78. The van der Waals surface area contributed by atoms with Crippen LogP contribution in [0.5, 0.6) is 5.75 Å². The van der Waals surface area contributed by atoms with Gasteiger partial charge in [0, 0.05) is 5.56 Å². The maximum atomic E-state index is 12.6. The highest BCUT2D eigenvalue weighted by molar-refractivity contribution is 8.01. The number of ketones is 1. The van der Waals surface area contributed by atoms with E-state index in [-0.39, 0.29) is 5.78 Å². The van der Waals surface area contributed by atoms with Gasteiger partial charge in [-0.25, -0.2) is 0 Å². The van der Waals surface area contributed by atoms with E-state index in [2.05, 4.69) is 15.5 Å². The molecule has 0 fully saturated rings. The van der Waals surface area contributed by atoms with Crippen LogP contribution in [0.25, 0.3) is 10.8 Å². The van der Waals surface area contributed by atoms with Gasteiger partial charge in [0.2, 0.25) is 5.13 Å². The van der Waals surface area contributed by atoms with Crippen molar-refractivity contribution in [3.05, 3.63) is 71.8 Å². The Labute approximate surface area is 177 Å². The number of rotatable bonds is 7. The number of benzene rings is 3. The number of thioether (sulfide) groups is 1. The normalized spacial score (nSPS) is 10.8. The molecule has 146 valence electrons. The number of methoxy groups -OCH3 is 1. The van der Waals surface area contributed by atoms with Crippen LogP contribution in [0.3, 0.4) is 0 Å². The third kappa shape index (κ3) is 4.58. The third-order valence-electron chi connectivity index (χ3n) is 4.40. The molecule has 0 aliphatic heterocycles. The molecule has 3 aromatic carbocycles. The van der Waals surface area contributed by atoms with Crippen LogP contribution >= 0.6 is 23.1 Å². The van der Waals surface area contributed by atoms with E-state index < -0.39 is 0 Å². The summed E-state index contributed by atoms with van der Waals surface area (Å²) in [5, 5.41) is 14.5. The second-order valence-electron chi connectivity index (χ2n) is 6.48. The van der Waals surface area contributed by atoms with Crippen LogP contribution in [0, 0.1) is 6.92 Å². The first kappa shape index (κ1) is 19.4. The minimum Gasteiger partial charge on any atom is -0.495 e. The number of hydrogen-bond donors (Lipinski definition) is 1. The number of anilines is 2. The fourth-order valence-corrected chi connectivity index (χ4v) is 4.59. The molecule has 0 spiro atoms. The van der Waals surface area contributed by atoms with Gasteiger partial charge < -0.3 is 10.1 Å². The number of fused-ring (bicyclic) bond motifs is 1. The lowest BCUT2D eigenvalue weighted by Crippen LogP contribution is -2.02. The van der Waals surface area contributed by atoms with E-state index in [1.807, 2.05) is 67.6 Å². The van der Waals surface area contributed by atoms with E-state index in [1.54, 1.807) is 7.11 Å². The first-order chi connectivity index (χ1) is 14.1. The first-order valence-electron chi connectivity index (χ1n) is 9.02. The van der Waals surface area contributed by atoms with Crippen LogP contribution in [0.4, 0.5) is 10.8 Å². The molecule has 0 aliphatic carbocycles. The van der Waals surface area contributed by atoms with Crippen molar-refractivity contribution in [1.29, 1.82) is 0 Å². The molecule has 0 saturated heterocycles. The van der Waals surface area contributed by atoms with Crippen molar-refractivity contribution in [2.75, 3.05) is 18.2 Å². The topological polar surface area (TPSA) is 64.1 Å². The van der Waals surface area contributed by atoms with Gasteiger partial charge in [0.25, 0.3) is 0 Å². The van der Waals surface area contributed by atoms with Gasteiger partial charge in [-0.3, -0.25) is 4.79 Å². The highest BCUT2D eigenvalue weighted by atomic mass is 32.2. The van der Waals surface area contributed by atoms with Crippen molar-refractivity contribution in [2.24, 2.45) is 0 Å². The largest absolute Gasteiger partial charge is 0.495 e. The van der Waals surface area contributed by atoms with E-state index in [9.17, 15) is 4.79 Å². The number of hydrogen-bond acceptors (Lipinski definition) is 7. The molecule has 0 radical (unpaired) electrons. The van der Waals surface area contributed by atoms with Gasteiger partial charge in [-0.1, -0.05) is 65.6 Å². The van der Waals surface area contributed by atoms with Crippen molar-refractivity contribution >= 4 is 50.5 Å². The fourth-order valence-electron chi connectivity index (χ4n) is 2.93. The molecule has 1 N–H and O–H groups in total. The van der Waals surface area contributed by atoms with Crippen LogP contribution in [-0.4, -0.2) is 28.8 Å². The Bertz CT molecular complexity index is 1170. The summed E-state index contributed by atoms with van der Waals surface area (Å²) in [4.78, 5) is 12.6. The predicted molar refractivity (Wildman–Crippen MR) is 120 cm³/mol. The molecule has 5 nitrogen and oxygen atoms in total. The molecule has 29 heavy (non-hydrogen) atoms. The maximum Gasteiger partial charge on any atom is 0.210 e. The lowest BCUT2D eigenvalue weighted by molar-refractivity contribution is 0.102. The van der Waals surface area contributed by atoms with Gasteiger partial charge in [-0.2, -0.15) is 0 Å². The summed E-state index contributed by atoms with van der Waals surface area (Å²) in [6.45, 7) is 2.02. The van der Waals surface area contributed by atoms with Crippen LogP contribution in [-0.2, 0) is 0 Å². The van der Waals surface area contributed by atoms with Gasteiger partial charge >= 0.3 is 0 Å². The Morgan fingerprint density at radius 1 is 1.07 bits per heavy atom. The molecule has 0 atom stereocenters. The molecule has 7 heteroatoms. The standard InChI is InChI=1S/C22H19N3O2S2/c1-14-7-10-20(27-2)18(11-14)23-21-24-25-22(29-21)28-13-19(26)17-9-8-15-5-3-4-6-16(15)12-17/h3-12H,13H2,1-2H3,(H,23,24). The minimum absolute atomic E-state index is 0.0748. The van der Waals surface area contributed by atoms with Crippen LogP contribution in [0.1, 0.15) is 15.9 Å². The molecule has 1 aromatic heterocycles. The Hall–Kier alpha value is -2.90. The zero-order valence-electron chi connectivity index (χ0n) is 16.0. The number of aromatic nitrogens is 2. The van der Waals surface area contributed by atoms with E-state index in [4.69, 9.17) is 4.74 Å². The van der Waals surface area contributed by atoms with Crippen LogP contribution in [0.2, 0.25) is 0 Å². The summed E-state index contributed by atoms with van der Waals surface area (Å²) in [6.07, 6.45) is 0. The number of nitrogens with one attached hydrogen (secondary N) is 1. The molecule has 0 saturated carbocycles. The van der Waals surface area contributed by atoms with Crippen molar-refractivity contribution < 1.29 is 9.53 Å². The summed E-state index contributed by atoms with van der Waals surface area (Å²) in [7, 11) is 1.63. The Balaban J connectivity index is 1.41. The van der Waals surface area contributed by atoms with Crippen molar-refractivity contribution in [1.82, 2.24) is 10.2 Å². The molecule has 0 amide bonds. The maximum absolute atomic E-state index is 12.6. The molecular formula is C22H19N3O2S2. The van der Waals surface area contributed by atoms with Crippen LogP contribution < -0.4 is 10.1 Å². The van der Waals surface area contributed by atoms with E-state index in [1.165, 1.54) is 23.1 Å². The SMILES string of the molecule is COc1ccc(C)cc1Nc1nnc(SCC(=O)c2ccc3ccccc3c2)s1. The number of aryl methyl sites for hydroxylation is 1. The van der Waals surface area contributed by atoms with Crippen LogP contribution in [0.15, 0.2) is 65.0 Å². The minimum atomic E-state index is 0.0748. The van der Waals surface area contributed by atoms with Gasteiger partial charge in [-0.15, -0.1) is 10.2 Å². The Morgan fingerprint density at radius 2 is 1.90 bits per heavy atom.